The summed E-state index contributed by atoms with van der Waals surface area (Å²) < 4.78 is 32.5. The Balaban J connectivity index is 2.25. The number of benzene rings is 2. The van der Waals surface area contributed by atoms with E-state index in [1.165, 1.54) is 19.2 Å². The molecule has 2 rings (SSSR count). The maximum atomic E-state index is 12.5. The van der Waals surface area contributed by atoms with Gasteiger partial charge in [0.2, 0.25) is 10.0 Å². The Labute approximate surface area is 148 Å². The molecule has 2 aromatic carbocycles. The minimum Gasteiger partial charge on any atom is -0.495 e. The van der Waals surface area contributed by atoms with Gasteiger partial charge in [0, 0.05) is 11.6 Å². The minimum atomic E-state index is -3.67. The van der Waals surface area contributed by atoms with Crippen LogP contribution in [0.25, 0.3) is 0 Å². The lowest BCUT2D eigenvalue weighted by atomic mass is 10.2. The molecule has 0 saturated carbocycles. The molecule has 0 aliphatic heterocycles. The quantitative estimate of drug-likeness (QED) is 0.793. The molecule has 0 fully saturated rings. The Kier molecular flexibility index (Phi) is 6.17. The molecule has 0 bridgehead atoms. The van der Waals surface area contributed by atoms with E-state index in [4.69, 9.17) is 4.74 Å². The largest absolute Gasteiger partial charge is 0.495 e. The fourth-order valence-electron chi connectivity index (χ4n) is 2.16. The lowest BCUT2D eigenvalue weighted by Gasteiger charge is -2.13. The molecule has 2 aromatic rings. The van der Waals surface area contributed by atoms with Crippen LogP contribution in [0.1, 0.15) is 30.6 Å². The van der Waals surface area contributed by atoms with Crippen molar-refractivity contribution in [2.45, 2.75) is 31.2 Å². The van der Waals surface area contributed by atoms with Crippen LogP contribution in [0.5, 0.6) is 5.75 Å². The highest BCUT2D eigenvalue weighted by atomic mass is 32.2. The van der Waals surface area contributed by atoms with Gasteiger partial charge < -0.3 is 10.1 Å². The summed E-state index contributed by atoms with van der Waals surface area (Å²) in [4.78, 5) is 12.5. The topological polar surface area (TPSA) is 84.5 Å². The summed E-state index contributed by atoms with van der Waals surface area (Å²) in [6.45, 7) is 3.68. The molecule has 0 radical (unpaired) electrons. The predicted molar refractivity (Wildman–Crippen MR) is 97.5 cm³/mol. The summed E-state index contributed by atoms with van der Waals surface area (Å²) in [5.41, 5.74) is 0.763. The van der Waals surface area contributed by atoms with Crippen molar-refractivity contribution in [1.82, 2.24) is 4.72 Å². The normalized spacial score (nSPS) is 12.4. The third-order valence-corrected chi connectivity index (χ3v) is 5.32. The number of rotatable bonds is 7. The predicted octanol–water partition coefficient (Wildman–Crippen LogP) is 3.02. The highest BCUT2D eigenvalue weighted by molar-refractivity contribution is 7.89. The van der Waals surface area contributed by atoms with Crippen molar-refractivity contribution in [3.63, 3.8) is 0 Å². The lowest BCUT2D eigenvalue weighted by molar-refractivity contribution is 0.102. The Morgan fingerprint density at radius 3 is 2.56 bits per heavy atom. The van der Waals surface area contributed by atoms with E-state index < -0.39 is 15.9 Å². The highest BCUT2D eigenvalue weighted by Gasteiger charge is 2.18. The molecule has 7 heteroatoms. The van der Waals surface area contributed by atoms with Crippen molar-refractivity contribution in [2.75, 3.05) is 12.4 Å². The van der Waals surface area contributed by atoms with Crippen LogP contribution in [0, 0.1) is 0 Å². The van der Waals surface area contributed by atoms with Crippen molar-refractivity contribution in [3.8, 4) is 5.75 Å². The molecule has 0 saturated heterocycles. The van der Waals surface area contributed by atoms with Crippen molar-refractivity contribution in [2.24, 2.45) is 0 Å². The van der Waals surface area contributed by atoms with Crippen molar-refractivity contribution in [3.05, 3.63) is 54.1 Å². The van der Waals surface area contributed by atoms with Gasteiger partial charge in [-0.1, -0.05) is 25.1 Å². The van der Waals surface area contributed by atoms with Crippen LogP contribution in [-0.4, -0.2) is 27.5 Å². The van der Waals surface area contributed by atoms with Crippen LogP contribution in [0.2, 0.25) is 0 Å². The molecule has 2 N–H and O–H groups in total. The number of methoxy groups -OCH3 is 1. The number of carbonyl (C=O) groups is 1. The van der Waals surface area contributed by atoms with Gasteiger partial charge in [0.05, 0.1) is 17.7 Å². The molecular weight excluding hydrogens is 340 g/mol. The van der Waals surface area contributed by atoms with Gasteiger partial charge in [-0.2, -0.15) is 0 Å². The van der Waals surface area contributed by atoms with E-state index in [0.717, 1.165) is 0 Å². The molecule has 0 aromatic heterocycles. The number of sulfonamides is 1. The van der Waals surface area contributed by atoms with E-state index in [-0.39, 0.29) is 16.5 Å². The highest BCUT2D eigenvalue weighted by Crippen LogP contribution is 2.24. The molecule has 0 aliphatic carbocycles. The van der Waals surface area contributed by atoms with E-state index in [9.17, 15) is 13.2 Å². The Morgan fingerprint density at radius 1 is 1.16 bits per heavy atom. The first kappa shape index (κ1) is 19.0. The number of hydrogen-bond donors (Lipinski definition) is 2. The van der Waals surface area contributed by atoms with E-state index >= 15 is 0 Å². The van der Waals surface area contributed by atoms with Crippen LogP contribution in [0.3, 0.4) is 0 Å². The number of nitrogens with one attached hydrogen (secondary N) is 2. The zero-order chi connectivity index (χ0) is 18.4. The fourth-order valence-corrected chi connectivity index (χ4v) is 3.54. The monoisotopic (exact) mass is 362 g/mol. The van der Waals surface area contributed by atoms with Crippen molar-refractivity contribution < 1.29 is 17.9 Å². The van der Waals surface area contributed by atoms with Gasteiger partial charge in [-0.05, 0) is 43.7 Å². The van der Waals surface area contributed by atoms with Crippen LogP contribution in [0.15, 0.2) is 53.4 Å². The third-order valence-electron chi connectivity index (χ3n) is 3.73. The molecule has 0 aliphatic rings. The molecule has 134 valence electrons. The first-order valence-corrected chi connectivity index (χ1v) is 9.42. The Morgan fingerprint density at radius 2 is 1.88 bits per heavy atom. The van der Waals surface area contributed by atoms with Gasteiger partial charge >= 0.3 is 0 Å². The van der Waals surface area contributed by atoms with Crippen molar-refractivity contribution >= 4 is 21.6 Å². The number of para-hydroxylation sites is 2. The fraction of sp³-hybridized carbons (Fsp3) is 0.278. The van der Waals surface area contributed by atoms with Crippen LogP contribution < -0.4 is 14.8 Å². The minimum absolute atomic E-state index is 0.0560. The third kappa shape index (κ3) is 4.80. The molecule has 25 heavy (non-hydrogen) atoms. The van der Waals surface area contributed by atoms with Crippen molar-refractivity contribution in [1.29, 1.82) is 0 Å². The first-order chi connectivity index (χ1) is 11.9. The zero-order valence-corrected chi connectivity index (χ0v) is 15.3. The van der Waals surface area contributed by atoms with Crippen LogP contribution >= 0.6 is 0 Å². The smallest absolute Gasteiger partial charge is 0.255 e. The molecular formula is C18H22N2O4S. The summed E-state index contributed by atoms with van der Waals surface area (Å²) in [6, 6.07) is 12.7. The first-order valence-electron chi connectivity index (χ1n) is 7.94. The number of anilines is 1. The molecule has 6 nitrogen and oxygen atoms in total. The van der Waals surface area contributed by atoms with E-state index in [1.807, 2.05) is 6.92 Å². The molecule has 0 heterocycles. The number of amides is 1. The average Bonchev–Trinajstić information content (AvgIpc) is 2.61. The maximum absolute atomic E-state index is 12.5. The molecule has 1 unspecified atom stereocenters. The zero-order valence-electron chi connectivity index (χ0n) is 14.4. The maximum Gasteiger partial charge on any atom is 0.255 e. The number of hydrogen-bond acceptors (Lipinski definition) is 4. The molecule has 0 spiro atoms. The van der Waals surface area contributed by atoms with E-state index in [0.29, 0.717) is 17.9 Å². The van der Waals surface area contributed by atoms with E-state index in [1.54, 1.807) is 43.3 Å². The SMILES string of the molecule is CCC(C)NS(=O)(=O)c1cccc(C(=O)Nc2ccccc2OC)c1. The van der Waals surface area contributed by atoms with Gasteiger partial charge in [-0.3, -0.25) is 4.79 Å². The summed E-state index contributed by atoms with van der Waals surface area (Å²) in [6.07, 6.45) is 0.674. The van der Waals surface area contributed by atoms with Gasteiger partial charge in [0.1, 0.15) is 5.75 Å². The van der Waals surface area contributed by atoms with E-state index in [2.05, 4.69) is 10.0 Å². The van der Waals surface area contributed by atoms with Gasteiger partial charge in [-0.25, -0.2) is 13.1 Å². The Hall–Kier alpha value is -2.38. The summed E-state index contributed by atoms with van der Waals surface area (Å²) in [7, 11) is -2.16. The van der Waals surface area contributed by atoms with Crippen LogP contribution in [0.4, 0.5) is 5.69 Å². The number of ether oxygens (including phenoxy) is 1. The summed E-state index contributed by atoms with van der Waals surface area (Å²) in [5, 5.41) is 2.73. The number of carbonyl (C=O) groups excluding carboxylic acids is 1. The molecule has 1 atom stereocenters. The second kappa shape index (κ2) is 8.13. The molecule has 1 amide bonds. The van der Waals surface area contributed by atoms with Gasteiger partial charge in [-0.15, -0.1) is 0 Å². The summed E-state index contributed by atoms with van der Waals surface area (Å²) in [5.74, 6) is 0.114. The Bertz CT molecular complexity index is 850. The standard InChI is InChI=1S/C18H22N2O4S/c1-4-13(2)20-25(22,23)15-9-7-8-14(12-15)18(21)19-16-10-5-6-11-17(16)24-3/h5-13,20H,4H2,1-3H3,(H,19,21). The summed E-state index contributed by atoms with van der Waals surface area (Å²) >= 11 is 0. The second-order valence-electron chi connectivity index (χ2n) is 5.61. The van der Waals surface area contributed by atoms with Crippen LogP contribution in [-0.2, 0) is 10.0 Å². The van der Waals surface area contributed by atoms with Gasteiger partial charge in [0.25, 0.3) is 5.91 Å². The average molecular weight is 362 g/mol. The lowest BCUT2D eigenvalue weighted by Crippen LogP contribution is -2.32. The van der Waals surface area contributed by atoms with Gasteiger partial charge in [0.15, 0.2) is 0 Å². The second-order valence-corrected chi connectivity index (χ2v) is 7.33.